The molecule has 1 aliphatic rings. The van der Waals surface area contributed by atoms with Gasteiger partial charge >= 0.3 is 0 Å². The Morgan fingerprint density at radius 3 is 2.56 bits per heavy atom. The van der Waals surface area contributed by atoms with Crippen LogP contribution in [0.15, 0.2) is 51.6 Å². The van der Waals surface area contributed by atoms with Crippen molar-refractivity contribution in [2.45, 2.75) is 6.54 Å². The van der Waals surface area contributed by atoms with Crippen LogP contribution in [0.2, 0.25) is 0 Å². The number of hydrogen-bond donors (Lipinski definition) is 0. The maximum atomic E-state index is 5.82. The summed E-state index contributed by atoms with van der Waals surface area (Å²) >= 11 is 3.46. The molecule has 7 nitrogen and oxygen atoms in total. The monoisotopic (exact) mass is 400 g/mol. The molecule has 0 atom stereocenters. The summed E-state index contributed by atoms with van der Waals surface area (Å²) in [5.41, 5.74) is 0.916. The van der Waals surface area contributed by atoms with Crippen LogP contribution in [0.3, 0.4) is 0 Å². The predicted molar refractivity (Wildman–Crippen MR) is 97.0 cm³/mol. The lowest BCUT2D eigenvalue weighted by molar-refractivity contribution is 0.226. The third-order valence-electron chi connectivity index (χ3n) is 4.10. The number of hydrogen-bond acceptors (Lipinski definition) is 7. The smallest absolute Gasteiger partial charge is 0.247 e. The van der Waals surface area contributed by atoms with Gasteiger partial charge in [0.1, 0.15) is 0 Å². The van der Waals surface area contributed by atoms with Crippen LogP contribution in [0.25, 0.3) is 11.5 Å². The van der Waals surface area contributed by atoms with Gasteiger partial charge in [-0.2, -0.15) is 0 Å². The molecule has 128 valence electrons. The van der Waals surface area contributed by atoms with Gasteiger partial charge in [0.05, 0.1) is 6.54 Å². The number of piperazine rings is 1. The van der Waals surface area contributed by atoms with Crippen molar-refractivity contribution in [2.75, 3.05) is 31.1 Å². The van der Waals surface area contributed by atoms with Gasteiger partial charge in [0.25, 0.3) is 0 Å². The van der Waals surface area contributed by atoms with Crippen molar-refractivity contribution in [3.63, 3.8) is 0 Å². The Labute approximate surface area is 153 Å². The van der Waals surface area contributed by atoms with Crippen molar-refractivity contribution in [1.29, 1.82) is 0 Å². The van der Waals surface area contributed by atoms with E-state index >= 15 is 0 Å². The molecule has 0 saturated carbocycles. The van der Waals surface area contributed by atoms with Crippen molar-refractivity contribution in [2.24, 2.45) is 0 Å². The van der Waals surface area contributed by atoms with Crippen LogP contribution in [0.5, 0.6) is 0 Å². The lowest BCUT2D eigenvalue weighted by atomic mass is 10.2. The van der Waals surface area contributed by atoms with Crippen molar-refractivity contribution in [1.82, 2.24) is 25.1 Å². The molecule has 0 bridgehead atoms. The van der Waals surface area contributed by atoms with Gasteiger partial charge in [-0.3, -0.25) is 4.90 Å². The number of aromatic nitrogens is 4. The zero-order chi connectivity index (χ0) is 17.1. The predicted octanol–water partition coefficient (Wildman–Crippen LogP) is 2.61. The Hall–Kier alpha value is -2.32. The van der Waals surface area contributed by atoms with Crippen molar-refractivity contribution in [3.05, 3.63) is 53.1 Å². The average Bonchev–Trinajstić information content (AvgIpc) is 3.12. The Bertz CT molecular complexity index is 832. The van der Waals surface area contributed by atoms with E-state index in [0.717, 1.165) is 42.2 Å². The summed E-state index contributed by atoms with van der Waals surface area (Å²) in [5, 5.41) is 8.34. The van der Waals surface area contributed by atoms with E-state index in [4.69, 9.17) is 4.42 Å². The van der Waals surface area contributed by atoms with Gasteiger partial charge in [-0.1, -0.05) is 22.0 Å². The molecule has 1 aliphatic heterocycles. The molecule has 0 spiro atoms. The Balaban J connectivity index is 1.36. The highest BCUT2D eigenvalue weighted by Gasteiger charge is 2.20. The molecule has 3 heterocycles. The topological polar surface area (TPSA) is 71.2 Å². The van der Waals surface area contributed by atoms with E-state index in [-0.39, 0.29) is 0 Å². The van der Waals surface area contributed by atoms with E-state index in [0.29, 0.717) is 18.3 Å². The normalized spacial score (nSPS) is 15.5. The van der Waals surface area contributed by atoms with Gasteiger partial charge in [0, 0.05) is 48.6 Å². The van der Waals surface area contributed by atoms with Gasteiger partial charge < -0.3 is 9.32 Å². The van der Waals surface area contributed by atoms with E-state index in [1.54, 1.807) is 12.4 Å². The van der Waals surface area contributed by atoms with Crippen LogP contribution in [-0.2, 0) is 6.54 Å². The first-order valence-corrected chi connectivity index (χ1v) is 8.90. The van der Waals surface area contributed by atoms with Crippen molar-refractivity contribution in [3.8, 4) is 11.5 Å². The van der Waals surface area contributed by atoms with Crippen LogP contribution in [0.1, 0.15) is 5.89 Å². The summed E-state index contributed by atoms with van der Waals surface area (Å²) in [6.07, 6.45) is 3.55. The lowest BCUT2D eigenvalue weighted by Gasteiger charge is -2.33. The molecule has 1 fully saturated rings. The Morgan fingerprint density at radius 1 is 1.00 bits per heavy atom. The van der Waals surface area contributed by atoms with Crippen LogP contribution in [-0.4, -0.2) is 51.2 Å². The minimum atomic E-state index is 0.549. The molecule has 0 N–H and O–H groups in total. The summed E-state index contributed by atoms with van der Waals surface area (Å²) in [6, 6.07) is 9.68. The van der Waals surface area contributed by atoms with Crippen LogP contribution >= 0.6 is 15.9 Å². The highest BCUT2D eigenvalue weighted by molar-refractivity contribution is 9.10. The number of anilines is 1. The van der Waals surface area contributed by atoms with E-state index in [2.05, 4.69) is 45.9 Å². The molecule has 0 amide bonds. The highest BCUT2D eigenvalue weighted by atomic mass is 79.9. The number of benzene rings is 1. The van der Waals surface area contributed by atoms with Crippen LogP contribution in [0.4, 0.5) is 5.95 Å². The van der Waals surface area contributed by atoms with Gasteiger partial charge in [-0.25, -0.2) is 9.97 Å². The lowest BCUT2D eigenvalue weighted by Crippen LogP contribution is -2.46. The molecule has 0 unspecified atom stereocenters. The minimum Gasteiger partial charge on any atom is -0.419 e. The first-order chi connectivity index (χ1) is 12.3. The SMILES string of the molecule is Brc1cccc(-c2nnc(CN3CCN(c4ncccn4)CC3)o2)c1. The first-order valence-electron chi connectivity index (χ1n) is 8.10. The molecule has 3 aromatic rings. The number of halogens is 1. The molecule has 0 aliphatic carbocycles. The van der Waals surface area contributed by atoms with E-state index in [9.17, 15) is 0 Å². The fourth-order valence-corrected chi connectivity index (χ4v) is 3.21. The quantitative estimate of drug-likeness (QED) is 0.666. The zero-order valence-corrected chi connectivity index (χ0v) is 15.1. The van der Waals surface area contributed by atoms with Gasteiger partial charge in [-0.05, 0) is 24.3 Å². The van der Waals surface area contributed by atoms with Gasteiger partial charge in [0.15, 0.2) is 0 Å². The molecule has 2 aromatic heterocycles. The van der Waals surface area contributed by atoms with Crippen molar-refractivity contribution >= 4 is 21.9 Å². The Kier molecular flexibility index (Phi) is 4.71. The second-order valence-electron chi connectivity index (χ2n) is 5.82. The largest absolute Gasteiger partial charge is 0.419 e. The van der Waals surface area contributed by atoms with Gasteiger partial charge in [0.2, 0.25) is 17.7 Å². The molecule has 25 heavy (non-hydrogen) atoms. The maximum Gasteiger partial charge on any atom is 0.247 e. The standard InChI is InChI=1S/C17H17BrN6O/c18-14-4-1-3-13(11-14)16-22-21-15(25-16)12-23-7-9-24(10-8-23)17-19-5-2-6-20-17/h1-6,11H,7-10,12H2. The molecule has 1 aromatic carbocycles. The average molecular weight is 401 g/mol. The summed E-state index contributed by atoms with van der Waals surface area (Å²) < 4.78 is 6.81. The molecular weight excluding hydrogens is 384 g/mol. The van der Waals surface area contributed by atoms with Crippen LogP contribution in [0, 0.1) is 0 Å². The molecule has 8 heteroatoms. The summed E-state index contributed by atoms with van der Waals surface area (Å²) in [6.45, 7) is 4.25. The number of nitrogens with zero attached hydrogens (tertiary/aromatic N) is 6. The van der Waals surface area contributed by atoms with E-state index in [1.807, 2.05) is 30.3 Å². The Morgan fingerprint density at radius 2 is 1.80 bits per heavy atom. The third kappa shape index (κ3) is 3.85. The van der Waals surface area contributed by atoms with Crippen LogP contribution < -0.4 is 4.90 Å². The third-order valence-corrected chi connectivity index (χ3v) is 4.60. The summed E-state index contributed by atoms with van der Waals surface area (Å²) in [5.74, 6) is 1.98. The highest BCUT2D eigenvalue weighted by Crippen LogP contribution is 2.22. The van der Waals surface area contributed by atoms with Gasteiger partial charge in [-0.15, -0.1) is 10.2 Å². The fourth-order valence-electron chi connectivity index (χ4n) is 2.81. The summed E-state index contributed by atoms with van der Waals surface area (Å²) in [7, 11) is 0. The fraction of sp³-hybridized carbons (Fsp3) is 0.294. The first kappa shape index (κ1) is 16.2. The molecule has 4 rings (SSSR count). The molecular formula is C17H17BrN6O. The second-order valence-corrected chi connectivity index (χ2v) is 6.74. The summed E-state index contributed by atoms with van der Waals surface area (Å²) in [4.78, 5) is 13.1. The second kappa shape index (κ2) is 7.28. The zero-order valence-electron chi connectivity index (χ0n) is 13.5. The minimum absolute atomic E-state index is 0.549. The number of rotatable bonds is 4. The molecule has 1 saturated heterocycles. The van der Waals surface area contributed by atoms with Crippen molar-refractivity contribution < 1.29 is 4.42 Å². The maximum absolute atomic E-state index is 5.82. The van der Waals surface area contributed by atoms with E-state index < -0.39 is 0 Å². The molecule has 0 radical (unpaired) electrons. The van der Waals surface area contributed by atoms with E-state index in [1.165, 1.54) is 0 Å².